The molecule has 1 saturated heterocycles. The summed E-state index contributed by atoms with van der Waals surface area (Å²) in [5.74, 6) is 0.724. The maximum Gasteiger partial charge on any atom is 0.240 e. The Morgan fingerprint density at radius 2 is 2.40 bits per heavy atom. The molecular weight excluding hydrogens is 260 g/mol. The van der Waals surface area contributed by atoms with Crippen LogP contribution >= 0.6 is 0 Å². The third-order valence-corrected chi connectivity index (χ3v) is 3.58. The molecule has 6 nitrogen and oxygen atoms in total. The number of carbonyl (C=O) groups is 1. The number of piperazine rings is 1. The normalized spacial score (nSPS) is 20.6. The molecule has 1 aliphatic rings. The Morgan fingerprint density at radius 3 is 3.10 bits per heavy atom. The van der Waals surface area contributed by atoms with Crippen LogP contribution in [-0.2, 0) is 16.1 Å². The van der Waals surface area contributed by atoms with Gasteiger partial charge < -0.3 is 19.6 Å². The number of carbonyl (C=O) groups excluding carboxylic acids is 1. The number of nitrogens with zero attached hydrogens (tertiary/aromatic N) is 1. The lowest BCUT2D eigenvalue weighted by Gasteiger charge is -2.41. The van der Waals surface area contributed by atoms with Gasteiger partial charge in [-0.1, -0.05) is 0 Å². The second-order valence-corrected chi connectivity index (χ2v) is 5.51. The van der Waals surface area contributed by atoms with Gasteiger partial charge in [0.05, 0.1) is 24.5 Å². The van der Waals surface area contributed by atoms with Gasteiger partial charge in [-0.2, -0.15) is 0 Å². The Labute approximate surface area is 118 Å². The second-order valence-electron chi connectivity index (χ2n) is 5.51. The zero-order valence-electron chi connectivity index (χ0n) is 12.0. The summed E-state index contributed by atoms with van der Waals surface area (Å²) < 4.78 is 10.5. The van der Waals surface area contributed by atoms with E-state index in [4.69, 9.17) is 9.15 Å². The van der Waals surface area contributed by atoms with Crippen LogP contribution < -0.4 is 5.32 Å². The summed E-state index contributed by atoms with van der Waals surface area (Å²) in [4.78, 5) is 13.8. The largest absolute Gasteiger partial charge is 0.467 e. The van der Waals surface area contributed by atoms with E-state index in [0.29, 0.717) is 19.7 Å². The number of aliphatic hydroxyl groups is 1. The summed E-state index contributed by atoms with van der Waals surface area (Å²) in [6.45, 7) is 6.04. The molecule has 1 aliphatic heterocycles. The standard InChI is InChI=1S/C14H22N2O4/c1-14(2)13(18)15-5-6-16(14)8-11(17)9-19-10-12-4-3-7-20-12/h3-4,7,11,17H,5-6,8-10H2,1-2H3,(H,15,18). The molecular formula is C14H22N2O4. The Hall–Kier alpha value is -1.37. The molecule has 1 aromatic heterocycles. The first-order chi connectivity index (χ1) is 9.50. The van der Waals surface area contributed by atoms with Gasteiger partial charge in [0.2, 0.25) is 5.91 Å². The zero-order chi connectivity index (χ0) is 14.6. The molecule has 2 heterocycles. The highest BCUT2D eigenvalue weighted by Gasteiger charge is 2.38. The minimum absolute atomic E-state index is 0.00699. The number of nitrogens with one attached hydrogen (secondary N) is 1. The van der Waals surface area contributed by atoms with Gasteiger partial charge in [0.1, 0.15) is 12.4 Å². The molecule has 2 N–H and O–H groups in total. The third kappa shape index (κ3) is 3.59. The smallest absolute Gasteiger partial charge is 0.240 e. The van der Waals surface area contributed by atoms with E-state index >= 15 is 0 Å². The second kappa shape index (κ2) is 6.39. The van der Waals surface area contributed by atoms with Crippen LogP contribution in [0.5, 0.6) is 0 Å². The lowest BCUT2D eigenvalue weighted by Crippen LogP contribution is -2.63. The topological polar surface area (TPSA) is 74.9 Å². The maximum absolute atomic E-state index is 11.8. The average molecular weight is 282 g/mol. The number of furan rings is 1. The molecule has 0 radical (unpaired) electrons. The van der Waals surface area contributed by atoms with Crippen LogP contribution in [0.2, 0.25) is 0 Å². The molecule has 6 heteroatoms. The van der Waals surface area contributed by atoms with Crippen molar-refractivity contribution < 1.29 is 19.1 Å². The van der Waals surface area contributed by atoms with E-state index < -0.39 is 11.6 Å². The SMILES string of the molecule is CC1(C)C(=O)NCCN1CC(O)COCc1ccco1. The number of amides is 1. The van der Waals surface area contributed by atoms with Crippen LogP contribution in [0.4, 0.5) is 0 Å². The summed E-state index contributed by atoms with van der Waals surface area (Å²) in [7, 11) is 0. The van der Waals surface area contributed by atoms with Crippen molar-refractivity contribution in [1.82, 2.24) is 10.2 Å². The zero-order valence-corrected chi connectivity index (χ0v) is 12.0. The van der Waals surface area contributed by atoms with Crippen molar-refractivity contribution in [3.05, 3.63) is 24.2 Å². The van der Waals surface area contributed by atoms with Crippen LogP contribution in [0, 0.1) is 0 Å². The summed E-state index contributed by atoms with van der Waals surface area (Å²) in [6.07, 6.45) is 0.958. The molecule has 0 aliphatic carbocycles. The number of ether oxygens (including phenoxy) is 1. The fraction of sp³-hybridized carbons (Fsp3) is 0.643. The van der Waals surface area contributed by atoms with E-state index in [1.165, 1.54) is 0 Å². The van der Waals surface area contributed by atoms with E-state index in [1.54, 1.807) is 12.3 Å². The van der Waals surface area contributed by atoms with E-state index in [0.717, 1.165) is 12.3 Å². The molecule has 0 aromatic carbocycles. The van der Waals surface area contributed by atoms with Gasteiger partial charge in [-0.3, -0.25) is 9.69 Å². The van der Waals surface area contributed by atoms with E-state index in [9.17, 15) is 9.90 Å². The number of hydrogen-bond donors (Lipinski definition) is 2. The molecule has 1 unspecified atom stereocenters. The first-order valence-corrected chi connectivity index (χ1v) is 6.81. The molecule has 20 heavy (non-hydrogen) atoms. The Kier molecular flexibility index (Phi) is 4.80. The van der Waals surface area contributed by atoms with Gasteiger partial charge in [-0.15, -0.1) is 0 Å². The minimum Gasteiger partial charge on any atom is -0.467 e. The molecule has 0 saturated carbocycles. The molecule has 0 bridgehead atoms. The van der Waals surface area contributed by atoms with Gasteiger partial charge in [-0.05, 0) is 26.0 Å². The fourth-order valence-electron chi connectivity index (χ4n) is 2.26. The molecule has 112 valence electrons. The Morgan fingerprint density at radius 1 is 1.60 bits per heavy atom. The van der Waals surface area contributed by atoms with Gasteiger partial charge in [0, 0.05) is 19.6 Å². The van der Waals surface area contributed by atoms with Crippen LogP contribution in [0.25, 0.3) is 0 Å². The van der Waals surface area contributed by atoms with Crippen LogP contribution in [0.1, 0.15) is 19.6 Å². The van der Waals surface area contributed by atoms with Crippen molar-refractivity contribution in [3.63, 3.8) is 0 Å². The van der Waals surface area contributed by atoms with Crippen molar-refractivity contribution >= 4 is 5.91 Å². The fourth-order valence-corrected chi connectivity index (χ4v) is 2.26. The van der Waals surface area contributed by atoms with E-state index in [2.05, 4.69) is 5.32 Å². The lowest BCUT2D eigenvalue weighted by atomic mass is 9.98. The molecule has 1 amide bonds. The number of β-amino-alcohol motifs (C(OH)–C–C–N with tert-alkyl or cyclic N) is 1. The van der Waals surface area contributed by atoms with Gasteiger partial charge in [-0.25, -0.2) is 0 Å². The van der Waals surface area contributed by atoms with Crippen molar-refractivity contribution in [1.29, 1.82) is 0 Å². The quantitative estimate of drug-likeness (QED) is 0.788. The monoisotopic (exact) mass is 282 g/mol. The Balaban J connectivity index is 1.76. The maximum atomic E-state index is 11.8. The first kappa shape index (κ1) is 15.0. The predicted molar refractivity (Wildman–Crippen MR) is 73.0 cm³/mol. The Bertz CT molecular complexity index is 430. The summed E-state index contributed by atoms with van der Waals surface area (Å²) >= 11 is 0. The van der Waals surface area contributed by atoms with Crippen LogP contribution in [0.15, 0.2) is 22.8 Å². The average Bonchev–Trinajstić information content (AvgIpc) is 2.89. The highest BCUT2D eigenvalue weighted by atomic mass is 16.5. The van der Waals surface area contributed by atoms with E-state index in [-0.39, 0.29) is 12.5 Å². The van der Waals surface area contributed by atoms with Crippen LogP contribution in [0.3, 0.4) is 0 Å². The van der Waals surface area contributed by atoms with Crippen molar-refractivity contribution in [2.45, 2.75) is 32.1 Å². The number of rotatable bonds is 6. The third-order valence-electron chi connectivity index (χ3n) is 3.58. The number of hydrogen-bond acceptors (Lipinski definition) is 5. The van der Waals surface area contributed by atoms with Crippen molar-refractivity contribution in [2.75, 3.05) is 26.2 Å². The molecule has 1 fully saturated rings. The van der Waals surface area contributed by atoms with Gasteiger partial charge >= 0.3 is 0 Å². The van der Waals surface area contributed by atoms with Gasteiger partial charge in [0.25, 0.3) is 0 Å². The highest BCUT2D eigenvalue weighted by Crippen LogP contribution is 2.17. The minimum atomic E-state index is -0.630. The van der Waals surface area contributed by atoms with Crippen molar-refractivity contribution in [2.24, 2.45) is 0 Å². The van der Waals surface area contributed by atoms with Crippen LogP contribution in [-0.4, -0.2) is 53.8 Å². The molecule has 2 rings (SSSR count). The summed E-state index contributed by atoms with van der Waals surface area (Å²) in [5, 5.41) is 12.9. The van der Waals surface area contributed by atoms with Crippen molar-refractivity contribution in [3.8, 4) is 0 Å². The summed E-state index contributed by atoms with van der Waals surface area (Å²) in [6, 6.07) is 3.62. The summed E-state index contributed by atoms with van der Waals surface area (Å²) in [5.41, 5.74) is -0.597. The number of aliphatic hydroxyl groups excluding tert-OH is 1. The molecule has 0 spiro atoms. The molecule has 1 aromatic rings. The molecule has 1 atom stereocenters. The first-order valence-electron chi connectivity index (χ1n) is 6.81. The highest BCUT2D eigenvalue weighted by molar-refractivity contribution is 5.86. The van der Waals surface area contributed by atoms with E-state index in [1.807, 2.05) is 24.8 Å². The predicted octanol–water partition coefficient (Wildman–Crippen LogP) is 0.368. The lowest BCUT2D eigenvalue weighted by molar-refractivity contribution is -0.136. The van der Waals surface area contributed by atoms with Gasteiger partial charge in [0.15, 0.2) is 0 Å².